The maximum atomic E-state index is 5.32. The Bertz CT molecular complexity index is 618. The van der Waals surface area contributed by atoms with E-state index in [1.54, 1.807) is 6.33 Å². The fourth-order valence-electron chi connectivity index (χ4n) is 2.60. The molecule has 1 fully saturated rings. The number of aryl methyl sites for hydroxylation is 1. The molecule has 22 heavy (non-hydrogen) atoms. The molecule has 3 heterocycles. The van der Waals surface area contributed by atoms with Gasteiger partial charge in [0.15, 0.2) is 5.82 Å². The van der Waals surface area contributed by atoms with Crippen LogP contribution in [0.25, 0.3) is 0 Å². The van der Waals surface area contributed by atoms with Gasteiger partial charge in [-0.25, -0.2) is 9.97 Å². The predicted molar refractivity (Wildman–Crippen MR) is 82.6 cm³/mol. The van der Waals surface area contributed by atoms with Gasteiger partial charge in [-0.15, -0.1) is 0 Å². The zero-order valence-electron chi connectivity index (χ0n) is 13.4. The minimum Gasteiger partial charge on any atom is -0.354 e. The molecule has 0 unspecified atom stereocenters. The van der Waals surface area contributed by atoms with Gasteiger partial charge in [-0.1, -0.05) is 19.0 Å². The third kappa shape index (κ3) is 3.24. The van der Waals surface area contributed by atoms with Crippen LogP contribution in [0.4, 0.5) is 5.82 Å². The number of nitrogens with zero attached hydrogens (tertiary/aromatic N) is 6. The number of anilines is 1. The Morgan fingerprint density at radius 1 is 1.23 bits per heavy atom. The van der Waals surface area contributed by atoms with Crippen molar-refractivity contribution in [3.63, 3.8) is 0 Å². The lowest BCUT2D eigenvalue weighted by Gasteiger charge is -2.35. The van der Waals surface area contributed by atoms with E-state index < -0.39 is 0 Å². The van der Waals surface area contributed by atoms with Gasteiger partial charge in [0.05, 0.1) is 6.54 Å². The van der Waals surface area contributed by atoms with Crippen LogP contribution in [0, 0.1) is 6.92 Å². The smallest absolute Gasteiger partial charge is 0.240 e. The van der Waals surface area contributed by atoms with Gasteiger partial charge < -0.3 is 9.42 Å². The standard InChI is InChI=1S/C15H22N6O/c1-11(2)14-18-13(22-19-14)9-20-4-6-21(7-5-20)15-12(3)8-16-10-17-15/h8,10-11H,4-7,9H2,1-3H3. The molecule has 0 aromatic carbocycles. The third-order valence-electron chi connectivity index (χ3n) is 3.90. The van der Waals surface area contributed by atoms with Crippen molar-refractivity contribution in [2.45, 2.75) is 33.2 Å². The molecule has 1 saturated heterocycles. The van der Waals surface area contributed by atoms with E-state index in [9.17, 15) is 0 Å². The molecule has 0 aliphatic carbocycles. The van der Waals surface area contributed by atoms with Gasteiger partial charge in [-0.3, -0.25) is 4.90 Å². The van der Waals surface area contributed by atoms with Gasteiger partial charge in [-0.2, -0.15) is 4.98 Å². The monoisotopic (exact) mass is 302 g/mol. The van der Waals surface area contributed by atoms with Crippen LogP contribution in [-0.4, -0.2) is 51.2 Å². The second kappa shape index (κ2) is 6.39. The van der Waals surface area contributed by atoms with Gasteiger partial charge in [0.25, 0.3) is 0 Å². The minimum atomic E-state index is 0.301. The zero-order chi connectivity index (χ0) is 15.5. The highest BCUT2D eigenvalue weighted by molar-refractivity contribution is 5.44. The molecule has 0 saturated carbocycles. The lowest BCUT2D eigenvalue weighted by atomic mass is 10.2. The van der Waals surface area contributed by atoms with Crippen molar-refractivity contribution >= 4 is 5.82 Å². The Morgan fingerprint density at radius 2 is 2.00 bits per heavy atom. The van der Waals surface area contributed by atoms with E-state index >= 15 is 0 Å². The Balaban J connectivity index is 1.56. The fraction of sp³-hybridized carbons (Fsp3) is 0.600. The van der Waals surface area contributed by atoms with Crippen molar-refractivity contribution < 1.29 is 4.52 Å². The summed E-state index contributed by atoms with van der Waals surface area (Å²) in [5, 5.41) is 4.02. The van der Waals surface area contributed by atoms with Crippen LogP contribution in [-0.2, 0) is 6.54 Å². The Kier molecular flexibility index (Phi) is 4.33. The van der Waals surface area contributed by atoms with Crippen LogP contribution in [0.15, 0.2) is 17.0 Å². The van der Waals surface area contributed by atoms with E-state index in [0.717, 1.165) is 49.9 Å². The van der Waals surface area contributed by atoms with E-state index in [2.05, 4.69) is 43.8 Å². The van der Waals surface area contributed by atoms with Crippen molar-refractivity contribution in [3.8, 4) is 0 Å². The normalized spacial score (nSPS) is 16.5. The van der Waals surface area contributed by atoms with E-state index in [0.29, 0.717) is 11.8 Å². The maximum Gasteiger partial charge on any atom is 0.240 e. The molecule has 118 valence electrons. The van der Waals surface area contributed by atoms with Crippen molar-refractivity contribution in [1.82, 2.24) is 25.0 Å². The average molecular weight is 302 g/mol. The molecule has 0 spiro atoms. The lowest BCUT2D eigenvalue weighted by Crippen LogP contribution is -2.46. The molecule has 2 aromatic heterocycles. The van der Waals surface area contributed by atoms with Gasteiger partial charge in [0.1, 0.15) is 12.1 Å². The predicted octanol–water partition coefficient (Wildman–Crippen LogP) is 1.61. The third-order valence-corrected chi connectivity index (χ3v) is 3.90. The van der Waals surface area contributed by atoms with Gasteiger partial charge in [0, 0.05) is 43.9 Å². The second-order valence-corrected chi connectivity index (χ2v) is 5.99. The topological polar surface area (TPSA) is 71.2 Å². The highest BCUT2D eigenvalue weighted by Crippen LogP contribution is 2.18. The van der Waals surface area contributed by atoms with Crippen LogP contribution in [0.2, 0.25) is 0 Å². The molecule has 0 N–H and O–H groups in total. The van der Waals surface area contributed by atoms with Crippen LogP contribution in [0.3, 0.4) is 0 Å². The molecular formula is C15H22N6O. The molecule has 0 radical (unpaired) electrons. The van der Waals surface area contributed by atoms with Crippen LogP contribution in [0.5, 0.6) is 0 Å². The Hall–Kier alpha value is -2.02. The van der Waals surface area contributed by atoms with Gasteiger partial charge >= 0.3 is 0 Å². The van der Waals surface area contributed by atoms with Gasteiger partial charge in [0.2, 0.25) is 5.89 Å². The Labute approximate surface area is 130 Å². The summed E-state index contributed by atoms with van der Waals surface area (Å²) < 4.78 is 5.32. The first-order chi connectivity index (χ1) is 10.6. The van der Waals surface area contributed by atoms with E-state index in [1.807, 2.05) is 13.1 Å². The van der Waals surface area contributed by atoms with Crippen molar-refractivity contribution in [1.29, 1.82) is 0 Å². The molecule has 7 nitrogen and oxygen atoms in total. The molecule has 1 aliphatic heterocycles. The summed E-state index contributed by atoms with van der Waals surface area (Å²) in [7, 11) is 0. The molecule has 2 aromatic rings. The van der Waals surface area contributed by atoms with Crippen LogP contribution < -0.4 is 4.90 Å². The van der Waals surface area contributed by atoms with E-state index in [1.165, 1.54) is 0 Å². The van der Waals surface area contributed by atoms with Crippen LogP contribution >= 0.6 is 0 Å². The molecule has 7 heteroatoms. The molecular weight excluding hydrogens is 280 g/mol. The summed E-state index contributed by atoms with van der Waals surface area (Å²) >= 11 is 0. The van der Waals surface area contributed by atoms with Gasteiger partial charge in [-0.05, 0) is 6.92 Å². The molecule has 0 bridgehead atoms. The minimum absolute atomic E-state index is 0.301. The fourth-order valence-corrected chi connectivity index (χ4v) is 2.60. The summed E-state index contributed by atoms with van der Waals surface area (Å²) in [6, 6.07) is 0. The maximum absolute atomic E-state index is 5.32. The lowest BCUT2D eigenvalue weighted by molar-refractivity contribution is 0.215. The first kappa shape index (κ1) is 14.9. The second-order valence-electron chi connectivity index (χ2n) is 5.99. The molecule has 3 rings (SSSR count). The van der Waals surface area contributed by atoms with E-state index in [-0.39, 0.29) is 0 Å². The summed E-state index contributed by atoms with van der Waals surface area (Å²) in [5.74, 6) is 2.82. The molecule has 0 atom stereocenters. The summed E-state index contributed by atoms with van der Waals surface area (Å²) in [5.41, 5.74) is 1.12. The Morgan fingerprint density at radius 3 is 2.64 bits per heavy atom. The number of piperazine rings is 1. The number of rotatable bonds is 4. The van der Waals surface area contributed by atoms with Crippen LogP contribution in [0.1, 0.15) is 37.0 Å². The van der Waals surface area contributed by atoms with Crippen molar-refractivity contribution in [3.05, 3.63) is 29.8 Å². The van der Waals surface area contributed by atoms with E-state index in [4.69, 9.17) is 4.52 Å². The first-order valence-electron chi connectivity index (χ1n) is 7.70. The molecule has 0 amide bonds. The highest BCUT2D eigenvalue weighted by atomic mass is 16.5. The summed E-state index contributed by atoms with van der Waals surface area (Å²) in [6.45, 7) is 10.7. The quantitative estimate of drug-likeness (QED) is 0.849. The van der Waals surface area contributed by atoms with Crippen molar-refractivity contribution in [2.75, 3.05) is 31.1 Å². The highest BCUT2D eigenvalue weighted by Gasteiger charge is 2.21. The van der Waals surface area contributed by atoms with Crippen molar-refractivity contribution in [2.24, 2.45) is 0 Å². The SMILES string of the molecule is Cc1cncnc1N1CCN(Cc2nc(C(C)C)no2)CC1. The largest absolute Gasteiger partial charge is 0.354 e. The average Bonchev–Trinajstić information content (AvgIpc) is 2.98. The number of hydrogen-bond acceptors (Lipinski definition) is 7. The zero-order valence-corrected chi connectivity index (χ0v) is 13.4. The first-order valence-corrected chi connectivity index (χ1v) is 7.70. The summed E-state index contributed by atoms with van der Waals surface area (Å²) in [4.78, 5) is 17.5. The molecule has 1 aliphatic rings. The number of aromatic nitrogens is 4. The number of hydrogen-bond donors (Lipinski definition) is 0. The summed E-state index contributed by atoms with van der Waals surface area (Å²) in [6.07, 6.45) is 3.47.